The maximum Gasteiger partial charge on any atom is 0.102 e. The lowest BCUT2D eigenvalue weighted by molar-refractivity contribution is 0.694. The summed E-state index contributed by atoms with van der Waals surface area (Å²) in [4.78, 5) is 1.58. The Morgan fingerprint density at radius 1 is 1.17 bits per heavy atom. The second kappa shape index (κ2) is 5.39. The fourth-order valence-electron chi connectivity index (χ4n) is 4.44. The van der Waals surface area contributed by atoms with Crippen LogP contribution in [0.1, 0.15) is 60.9 Å². The summed E-state index contributed by atoms with van der Waals surface area (Å²) in [5.41, 5.74) is 5.99. The molecule has 3 heteroatoms. The Hall–Kier alpha value is -1.22. The van der Waals surface area contributed by atoms with Crippen molar-refractivity contribution in [2.24, 2.45) is 17.3 Å². The number of hydrogen-bond donors (Lipinski definition) is 2. The first-order valence-corrected chi connectivity index (χ1v) is 10.5. The highest BCUT2D eigenvalue weighted by Gasteiger charge is 2.63. The standard InChI is InChI=1S/C21H28N2S/c1-13(17-11-21(17)9-10-21)23-20-19(14(2)22-12-15-7-8-15)16-5-3-4-6-18(16)24-20/h15,17,22-23H,1-12H2. The maximum absolute atomic E-state index is 4.40. The molecule has 4 aliphatic carbocycles. The van der Waals surface area contributed by atoms with Gasteiger partial charge >= 0.3 is 0 Å². The van der Waals surface area contributed by atoms with Gasteiger partial charge in [-0.25, -0.2) is 0 Å². The van der Waals surface area contributed by atoms with Gasteiger partial charge in [0, 0.05) is 34.3 Å². The molecule has 3 fully saturated rings. The maximum atomic E-state index is 4.40. The smallest absolute Gasteiger partial charge is 0.102 e. The summed E-state index contributed by atoms with van der Waals surface area (Å²) in [6.07, 6.45) is 12.1. The molecule has 0 radical (unpaired) electrons. The van der Waals surface area contributed by atoms with Crippen LogP contribution in [0, 0.1) is 17.3 Å². The van der Waals surface area contributed by atoms with Crippen LogP contribution < -0.4 is 10.6 Å². The van der Waals surface area contributed by atoms with Gasteiger partial charge in [-0.15, -0.1) is 11.3 Å². The van der Waals surface area contributed by atoms with E-state index in [-0.39, 0.29) is 0 Å². The van der Waals surface area contributed by atoms with E-state index in [1.807, 2.05) is 11.3 Å². The van der Waals surface area contributed by atoms with Crippen LogP contribution >= 0.6 is 11.3 Å². The van der Waals surface area contributed by atoms with Crippen molar-refractivity contribution in [1.29, 1.82) is 0 Å². The molecule has 1 aromatic rings. The molecule has 0 amide bonds. The third-order valence-electron chi connectivity index (χ3n) is 6.55. The van der Waals surface area contributed by atoms with Crippen molar-refractivity contribution in [3.8, 4) is 0 Å². The topological polar surface area (TPSA) is 24.1 Å². The number of nitrogens with one attached hydrogen (secondary N) is 2. The minimum absolute atomic E-state index is 0.669. The van der Waals surface area contributed by atoms with E-state index < -0.39 is 0 Å². The van der Waals surface area contributed by atoms with E-state index in [1.54, 1.807) is 10.4 Å². The first kappa shape index (κ1) is 15.1. The van der Waals surface area contributed by atoms with Crippen LogP contribution in [0.2, 0.25) is 0 Å². The predicted molar refractivity (Wildman–Crippen MR) is 103 cm³/mol. The van der Waals surface area contributed by atoms with Gasteiger partial charge in [-0.3, -0.25) is 0 Å². The molecule has 0 saturated heterocycles. The van der Waals surface area contributed by atoms with Crippen LogP contribution in [-0.4, -0.2) is 6.54 Å². The number of anilines is 1. The van der Waals surface area contributed by atoms with Crippen molar-refractivity contribution in [2.75, 3.05) is 11.9 Å². The first-order chi connectivity index (χ1) is 11.7. The SMILES string of the molecule is C=C(NCC1CC1)c1c(NC(=C)C2CC23CC3)sc2c1CCCC2. The Morgan fingerprint density at radius 3 is 2.67 bits per heavy atom. The van der Waals surface area contributed by atoms with Crippen molar-refractivity contribution in [3.05, 3.63) is 34.9 Å². The fraction of sp³-hybridized carbons (Fsp3) is 0.619. The highest BCUT2D eigenvalue weighted by Crippen LogP contribution is 2.72. The van der Waals surface area contributed by atoms with Gasteiger partial charge in [0.05, 0.1) is 0 Å². The summed E-state index contributed by atoms with van der Waals surface area (Å²) in [7, 11) is 0. The molecule has 2 nitrogen and oxygen atoms in total. The first-order valence-electron chi connectivity index (χ1n) is 9.70. The van der Waals surface area contributed by atoms with Gasteiger partial charge in [-0.2, -0.15) is 0 Å². The predicted octanol–water partition coefficient (Wildman–Crippen LogP) is 5.32. The summed E-state index contributed by atoms with van der Waals surface area (Å²) >= 11 is 1.96. The van der Waals surface area contributed by atoms with Crippen LogP contribution in [0.5, 0.6) is 0 Å². The Kier molecular flexibility index (Phi) is 3.38. The van der Waals surface area contributed by atoms with Gasteiger partial charge in [0.2, 0.25) is 0 Å². The molecule has 3 saturated carbocycles. The Balaban J connectivity index is 1.38. The largest absolute Gasteiger partial charge is 0.385 e. The lowest BCUT2D eigenvalue weighted by Gasteiger charge is -2.17. The second-order valence-electron chi connectivity index (χ2n) is 8.49. The summed E-state index contributed by atoms with van der Waals surface area (Å²) in [6.45, 7) is 9.88. The van der Waals surface area contributed by atoms with Gasteiger partial charge in [-0.05, 0) is 74.7 Å². The lowest BCUT2D eigenvalue weighted by atomic mass is 9.94. The number of rotatable bonds is 7. The van der Waals surface area contributed by atoms with Crippen LogP contribution in [0.15, 0.2) is 18.9 Å². The van der Waals surface area contributed by atoms with E-state index in [0.29, 0.717) is 5.41 Å². The number of hydrogen-bond acceptors (Lipinski definition) is 3. The summed E-state index contributed by atoms with van der Waals surface area (Å²) in [6, 6.07) is 0. The molecule has 0 bridgehead atoms. The number of aryl methyl sites for hydroxylation is 1. The molecular weight excluding hydrogens is 312 g/mol. The molecule has 2 N–H and O–H groups in total. The molecular formula is C21H28N2S. The van der Waals surface area contributed by atoms with Crippen molar-refractivity contribution >= 4 is 22.0 Å². The molecule has 4 aliphatic rings. The van der Waals surface area contributed by atoms with E-state index in [4.69, 9.17) is 0 Å². The third kappa shape index (κ3) is 2.61. The lowest BCUT2D eigenvalue weighted by Crippen LogP contribution is -2.16. The van der Waals surface area contributed by atoms with Crippen LogP contribution in [0.25, 0.3) is 5.70 Å². The number of allylic oxidation sites excluding steroid dienone is 1. The molecule has 24 heavy (non-hydrogen) atoms. The molecule has 128 valence electrons. The highest BCUT2D eigenvalue weighted by atomic mass is 32.1. The third-order valence-corrected chi connectivity index (χ3v) is 7.76. The van der Waals surface area contributed by atoms with E-state index in [0.717, 1.165) is 24.1 Å². The summed E-state index contributed by atoms with van der Waals surface area (Å²) in [5.74, 6) is 1.60. The zero-order valence-electron chi connectivity index (χ0n) is 14.5. The average molecular weight is 341 g/mol. The van der Waals surface area contributed by atoms with Crippen molar-refractivity contribution in [2.45, 2.75) is 57.8 Å². The van der Waals surface area contributed by atoms with Crippen LogP contribution in [0.3, 0.4) is 0 Å². The van der Waals surface area contributed by atoms with E-state index in [2.05, 4.69) is 23.8 Å². The van der Waals surface area contributed by atoms with E-state index >= 15 is 0 Å². The molecule has 5 rings (SSSR count). The number of thiophene rings is 1. The molecule has 1 spiro atoms. The average Bonchev–Trinajstić information content (AvgIpc) is 3.47. The minimum atomic E-state index is 0.669. The van der Waals surface area contributed by atoms with Gasteiger partial charge in [0.1, 0.15) is 5.00 Å². The second-order valence-corrected chi connectivity index (χ2v) is 9.59. The Labute approximate surface area is 149 Å². The number of fused-ring (bicyclic) bond motifs is 1. The van der Waals surface area contributed by atoms with Gasteiger partial charge in [0.25, 0.3) is 0 Å². The summed E-state index contributed by atoms with van der Waals surface area (Å²) in [5, 5.41) is 8.67. The molecule has 1 heterocycles. The van der Waals surface area contributed by atoms with E-state index in [1.165, 1.54) is 74.0 Å². The molecule has 1 atom stereocenters. The Bertz CT molecular complexity index is 706. The van der Waals surface area contributed by atoms with Gasteiger partial charge < -0.3 is 10.6 Å². The van der Waals surface area contributed by atoms with Crippen molar-refractivity contribution in [3.63, 3.8) is 0 Å². The fourth-order valence-corrected chi connectivity index (χ4v) is 5.79. The zero-order valence-corrected chi connectivity index (χ0v) is 15.4. The zero-order chi connectivity index (χ0) is 16.3. The van der Waals surface area contributed by atoms with Gasteiger partial charge in [0.15, 0.2) is 0 Å². The quantitative estimate of drug-likeness (QED) is 0.701. The van der Waals surface area contributed by atoms with Crippen molar-refractivity contribution < 1.29 is 0 Å². The normalized spacial score (nSPS) is 25.9. The minimum Gasteiger partial charge on any atom is -0.385 e. The molecule has 1 aromatic heterocycles. The molecule has 0 aromatic carbocycles. The van der Waals surface area contributed by atoms with Crippen LogP contribution in [0.4, 0.5) is 5.00 Å². The highest BCUT2D eigenvalue weighted by molar-refractivity contribution is 7.16. The van der Waals surface area contributed by atoms with Crippen LogP contribution in [-0.2, 0) is 12.8 Å². The molecule has 1 unspecified atom stereocenters. The van der Waals surface area contributed by atoms with E-state index in [9.17, 15) is 0 Å². The molecule has 0 aliphatic heterocycles. The van der Waals surface area contributed by atoms with Crippen molar-refractivity contribution in [1.82, 2.24) is 5.32 Å². The Morgan fingerprint density at radius 2 is 1.96 bits per heavy atom. The monoisotopic (exact) mass is 340 g/mol. The van der Waals surface area contributed by atoms with Gasteiger partial charge in [-0.1, -0.05) is 13.2 Å². The summed E-state index contributed by atoms with van der Waals surface area (Å²) < 4.78 is 0.